The first kappa shape index (κ1) is 15.3. The maximum Gasteiger partial charge on any atom is 0.169 e. The van der Waals surface area contributed by atoms with Crippen LogP contribution in [0.15, 0.2) is 24.3 Å². The summed E-state index contributed by atoms with van der Waals surface area (Å²) in [6, 6.07) is 8.01. The zero-order valence-electron chi connectivity index (χ0n) is 11.9. The molecule has 0 bridgehead atoms. The first-order valence-corrected chi connectivity index (χ1v) is 7.33. The minimum absolute atomic E-state index is 0.215. The van der Waals surface area contributed by atoms with Crippen molar-refractivity contribution >= 4 is 22.5 Å². The van der Waals surface area contributed by atoms with Crippen molar-refractivity contribution in [1.29, 1.82) is 0 Å². The predicted molar refractivity (Wildman–Crippen MR) is 82.1 cm³/mol. The zero-order chi connectivity index (χ0) is 14.4. The van der Waals surface area contributed by atoms with Gasteiger partial charge in [0.1, 0.15) is 0 Å². The number of aromatic nitrogens is 1. The molecule has 0 fully saturated rings. The van der Waals surface area contributed by atoms with E-state index in [9.17, 15) is 0 Å². The maximum absolute atomic E-state index is 6.36. The highest BCUT2D eigenvalue weighted by atomic mass is 35.5. The maximum atomic E-state index is 6.36. The van der Waals surface area contributed by atoms with Crippen molar-refractivity contribution in [2.24, 2.45) is 0 Å². The molecule has 0 radical (unpaired) electrons. The molecular formula is C15H21ClN2O2. The summed E-state index contributed by atoms with van der Waals surface area (Å²) in [5.74, 6) is 0. The number of nitrogens with one attached hydrogen (secondary N) is 2. The molecule has 5 heteroatoms. The van der Waals surface area contributed by atoms with Gasteiger partial charge in [-0.25, -0.2) is 0 Å². The van der Waals surface area contributed by atoms with Crippen LogP contribution in [-0.2, 0) is 16.0 Å². The Morgan fingerprint density at radius 3 is 2.55 bits per heavy atom. The van der Waals surface area contributed by atoms with Crippen molar-refractivity contribution in [3.8, 4) is 0 Å². The van der Waals surface area contributed by atoms with Gasteiger partial charge in [-0.05, 0) is 19.9 Å². The van der Waals surface area contributed by atoms with Crippen LogP contribution in [0.4, 0.5) is 0 Å². The molecule has 2 rings (SSSR count). The Bertz CT molecular complexity index is 536. The van der Waals surface area contributed by atoms with Crippen molar-refractivity contribution in [1.82, 2.24) is 10.3 Å². The van der Waals surface area contributed by atoms with Crippen LogP contribution >= 0.6 is 11.6 Å². The topological polar surface area (TPSA) is 46.3 Å². The minimum Gasteiger partial charge on any atom is -0.356 e. The first-order valence-electron chi connectivity index (χ1n) is 6.95. The summed E-state index contributed by atoms with van der Waals surface area (Å²) in [6.45, 7) is 6.48. The molecule has 1 aromatic heterocycles. The van der Waals surface area contributed by atoms with E-state index in [1.54, 1.807) is 0 Å². The van der Waals surface area contributed by atoms with Gasteiger partial charge in [-0.15, -0.1) is 0 Å². The molecule has 1 heterocycles. The van der Waals surface area contributed by atoms with Crippen molar-refractivity contribution in [3.05, 3.63) is 35.0 Å². The number of fused-ring (bicyclic) bond motifs is 1. The molecule has 2 N–H and O–H groups in total. The SMILES string of the molecule is CCOC(CNCc1[nH]c2ccccc2c1Cl)OCC. The third-order valence-corrected chi connectivity index (χ3v) is 3.46. The summed E-state index contributed by atoms with van der Waals surface area (Å²) >= 11 is 6.36. The van der Waals surface area contributed by atoms with Gasteiger partial charge in [-0.2, -0.15) is 0 Å². The second kappa shape index (κ2) is 7.64. The van der Waals surface area contributed by atoms with Gasteiger partial charge in [0.15, 0.2) is 6.29 Å². The molecule has 0 amide bonds. The summed E-state index contributed by atoms with van der Waals surface area (Å²) in [5.41, 5.74) is 2.04. The van der Waals surface area contributed by atoms with Crippen LogP contribution in [0.5, 0.6) is 0 Å². The number of hydrogen-bond acceptors (Lipinski definition) is 3. The van der Waals surface area contributed by atoms with Crippen LogP contribution in [-0.4, -0.2) is 31.0 Å². The number of benzene rings is 1. The fourth-order valence-corrected chi connectivity index (χ4v) is 2.42. The Balaban J connectivity index is 1.93. The fourth-order valence-electron chi connectivity index (χ4n) is 2.14. The Kier molecular flexibility index (Phi) is 5.86. The summed E-state index contributed by atoms with van der Waals surface area (Å²) in [4.78, 5) is 3.33. The van der Waals surface area contributed by atoms with E-state index in [4.69, 9.17) is 21.1 Å². The van der Waals surface area contributed by atoms with Crippen LogP contribution in [0, 0.1) is 0 Å². The van der Waals surface area contributed by atoms with Gasteiger partial charge in [0, 0.05) is 42.9 Å². The van der Waals surface area contributed by atoms with Gasteiger partial charge in [-0.3, -0.25) is 0 Å². The van der Waals surface area contributed by atoms with E-state index in [0.29, 0.717) is 26.3 Å². The predicted octanol–water partition coefficient (Wildman–Crippen LogP) is 3.31. The highest BCUT2D eigenvalue weighted by molar-refractivity contribution is 6.36. The Hall–Kier alpha value is -1.07. The lowest BCUT2D eigenvalue weighted by Crippen LogP contribution is -2.31. The molecule has 20 heavy (non-hydrogen) atoms. The second-order valence-corrected chi connectivity index (χ2v) is 4.81. The van der Waals surface area contributed by atoms with Crippen molar-refractivity contribution in [3.63, 3.8) is 0 Å². The van der Waals surface area contributed by atoms with E-state index >= 15 is 0 Å². The molecule has 0 aliphatic carbocycles. The molecule has 0 saturated heterocycles. The molecule has 1 aromatic carbocycles. The average molecular weight is 297 g/mol. The van der Waals surface area contributed by atoms with Gasteiger partial charge >= 0.3 is 0 Å². The number of para-hydroxylation sites is 1. The number of rotatable bonds is 8. The fraction of sp³-hybridized carbons (Fsp3) is 0.467. The molecule has 0 saturated carbocycles. The standard InChI is InChI=1S/C15H21ClN2O2/c1-3-19-14(20-4-2)10-17-9-13-15(16)11-7-5-6-8-12(11)18-13/h5-8,14,17-18H,3-4,9-10H2,1-2H3. The Morgan fingerprint density at radius 1 is 1.20 bits per heavy atom. The second-order valence-electron chi connectivity index (χ2n) is 4.43. The summed E-state index contributed by atoms with van der Waals surface area (Å²) in [5, 5.41) is 5.14. The lowest BCUT2D eigenvalue weighted by atomic mass is 10.2. The molecule has 0 spiro atoms. The lowest BCUT2D eigenvalue weighted by molar-refractivity contribution is -0.133. The zero-order valence-corrected chi connectivity index (χ0v) is 12.7. The van der Waals surface area contributed by atoms with Gasteiger partial charge in [-0.1, -0.05) is 29.8 Å². The van der Waals surface area contributed by atoms with E-state index in [1.807, 2.05) is 38.1 Å². The molecule has 2 aromatic rings. The van der Waals surface area contributed by atoms with E-state index in [1.165, 1.54) is 0 Å². The smallest absolute Gasteiger partial charge is 0.169 e. The summed E-state index contributed by atoms with van der Waals surface area (Å²) in [6.07, 6.45) is -0.215. The minimum atomic E-state index is -0.215. The number of halogens is 1. The number of ether oxygens (including phenoxy) is 2. The number of H-pyrrole nitrogens is 1. The summed E-state index contributed by atoms with van der Waals surface area (Å²) in [7, 11) is 0. The number of aromatic amines is 1. The van der Waals surface area contributed by atoms with Crippen LogP contribution < -0.4 is 5.32 Å². The molecule has 110 valence electrons. The average Bonchev–Trinajstić information content (AvgIpc) is 2.77. The highest BCUT2D eigenvalue weighted by Gasteiger charge is 2.10. The third kappa shape index (κ3) is 3.73. The molecule has 4 nitrogen and oxygen atoms in total. The van der Waals surface area contributed by atoms with E-state index in [0.717, 1.165) is 21.6 Å². The Labute approximate surface area is 124 Å². The van der Waals surface area contributed by atoms with Crippen LogP contribution in [0.2, 0.25) is 5.02 Å². The van der Waals surface area contributed by atoms with E-state index in [-0.39, 0.29) is 6.29 Å². The monoisotopic (exact) mass is 296 g/mol. The normalized spacial score (nSPS) is 11.6. The van der Waals surface area contributed by atoms with Gasteiger partial charge < -0.3 is 19.8 Å². The highest BCUT2D eigenvalue weighted by Crippen LogP contribution is 2.26. The molecule has 0 atom stereocenters. The van der Waals surface area contributed by atoms with Crippen molar-refractivity contribution < 1.29 is 9.47 Å². The lowest BCUT2D eigenvalue weighted by Gasteiger charge is -2.17. The Morgan fingerprint density at radius 2 is 1.90 bits per heavy atom. The van der Waals surface area contributed by atoms with Crippen molar-refractivity contribution in [2.75, 3.05) is 19.8 Å². The van der Waals surface area contributed by atoms with Gasteiger partial charge in [0.25, 0.3) is 0 Å². The molecule has 0 aliphatic heterocycles. The molecule has 0 unspecified atom stereocenters. The largest absolute Gasteiger partial charge is 0.356 e. The van der Waals surface area contributed by atoms with Crippen LogP contribution in [0.3, 0.4) is 0 Å². The van der Waals surface area contributed by atoms with Crippen molar-refractivity contribution in [2.45, 2.75) is 26.7 Å². The quantitative estimate of drug-likeness (QED) is 0.735. The number of hydrogen-bond donors (Lipinski definition) is 2. The first-order chi connectivity index (χ1) is 9.76. The molecular weight excluding hydrogens is 276 g/mol. The van der Waals surface area contributed by atoms with E-state index < -0.39 is 0 Å². The van der Waals surface area contributed by atoms with Crippen LogP contribution in [0.25, 0.3) is 10.9 Å². The van der Waals surface area contributed by atoms with Gasteiger partial charge in [0.05, 0.1) is 5.02 Å². The van der Waals surface area contributed by atoms with Crippen LogP contribution in [0.1, 0.15) is 19.5 Å². The van der Waals surface area contributed by atoms with Gasteiger partial charge in [0.2, 0.25) is 0 Å². The summed E-state index contributed by atoms with van der Waals surface area (Å²) < 4.78 is 11.0. The van der Waals surface area contributed by atoms with E-state index in [2.05, 4.69) is 10.3 Å². The molecule has 0 aliphatic rings. The third-order valence-electron chi connectivity index (χ3n) is 3.03.